The van der Waals surface area contributed by atoms with Crippen LogP contribution in [0.4, 0.5) is 11.4 Å². The molecule has 19 heavy (non-hydrogen) atoms. The van der Waals surface area contributed by atoms with Crippen LogP contribution in [0.25, 0.3) is 0 Å². The number of pyridine rings is 2. The molecule has 2 aromatic rings. The lowest BCUT2D eigenvalue weighted by Gasteiger charge is -2.08. The van der Waals surface area contributed by atoms with E-state index in [0.717, 1.165) is 5.69 Å². The number of hydrogen-bond donors (Lipinski definition) is 1. The molecular weight excluding hydrogens is 312 g/mol. The first-order valence-corrected chi connectivity index (χ1v) is 6.39. The average molecular weight is 323 g/mol. The lowest BCUT2D eigenvalue weighted by molar-refractivity contribution is -0.384. The minimum Gasteiger partial charge on any atom is -0.378 e. The van der Waals surface area contributed by atoms with Crippen molar-refractivity contribution in [3.63, 3.8) is 0 Å². The third kappa shape index (κ3) is 3.47. The zero-order chi connectivity index (χ0) is 13.7. The van der Waals surface area contributed by atoms with Crippen LogP contribution in [-0.2, 0) is 6.42 Å². The minimum absolute atomic E-state index is 0.0459. The summed E-state index contributed by atoms with van der Waals surface area (Å²) < 4.78 is 0.572. The van der Waals surface area contributed by atoms with Crippen molar-refractivity contribution in [1.29, 1.82) is 0 Å². The smallest absolute Gasteiger partial charge is 0.311 e. The van der Waals surface area contributed by atoms with E-state index in [2.05, 4.69) is 31.2 Å². The summed E-state index contributed by atoms with van der Waals surface area (Å²) in [7, 11) is 0. The van der Waals surface area contributed by atoms with Gasteiger partial charge in [-0.05, 0) is 28.1 Å². The summed E-state index contributed by atoms with van der Waals surface area (Å²) in [5.74, 6) is 0. The van der Waals surface area contributed by atoms with Gasteiger partial charge in [0.1, 0.15) is 11.9 Å². The van der Waals surface area contributed by atoms with E-state index >= 15 is 0 Å². The Morgan fingerprint density at radius 3 is 2.89 bits per heavy atom. The van der Waals surface area contributed by atoms with Crippen LogP contribution in [0.2, 0.25) is 0 Å². The molecule has 0 bridgehead atoms. The van der Waals surface area contributed by atoms with E-state index in [1.807, 2.05) is 18.2 Å². The van der Waals surface area contributed by atoms with Crippen molar-refractivity contribution in [2.45, 2.75) is 6.42 Å². The number of anilines is 1. The van der Waals surface area contributed by atoms with Gasteiger partial charge in [-0.1, -0.05) is 6.07 Å². The Bertz CT molecular complexity index is 577. The lowest BCUT2D eigenvalue weighted by atomic mass is 10.2. The standard InChI is InChI=1S/C12H11BrN4O2/c13-10-7-14-8-11(17(18)19)12(10)16-6-4-9-3-1-2-5-15-9/h1-3,5,7-8H,4,6H2,(H,14,16). The molecule has 2 aromatic heterocycles. The molecule has 7 heteroatoms. The predicted molar refractivity (Wildman–Crippen MR) is 75.0 cm³/mol. The van der Waals surface area contributed by atoms with Gasteiger partial charge in [-0.2, -0.15) is 0 Å². The molecule has 0 amide bonds. The first-order valence-electron chi connectivity index (χ1n) is 5.60. The van der Waals surface area contributed by atoms with Gasteiger partial charge in [0.15, 0.2) is 0 Å². The molecule has 98 valence electrons. The molecule has 0 aliphatic heterocycles. The molecule has 6 nitrogen and oxygen atoms in total. The highest BCUT2D eigenvalue weighted by molar-refractivity contribution is 9.10. The van der Waals surface area contributed by atoms with Gasteiger partial charge in [0.05, 0.1) is 9.40 Å². The fourth-order valence-corrected chi connectivity index (χ4v) is 2.06. The maximum Gasteiger partial charge on any atom is 0.311 e. The number of rotatable bonds is 5. The molecule has 0 fully saturated rings. The molecule has 0 aliphatic rings. The van der Waals surface area contributed by atoms with Crippen molar-refractivity contribution in [3.05, 3.63) is 57.1 Å². The number of nitro groups is 1. The van der Waals surface area contributed by atoms with E-state index in [9.17, 15) is 10.1 Å². The summed E-state index contributed by atoms with van der Waals surface area (Å²) in [4.78, 5) is 18.4. The van der Waals surface area contributed by atoms with Crippen LogP contribution in [0.15, 0.2) is 41.3 Å². The second kappa shape index (κ2) is 6.24. The normalized spacial score (nSPS) is 10.2. The molecule has 1 N–H and O–H groups in total. The quantitative estimate of drug-likeness (QED) is 0.676. The Balaban J connectivity index is 2.05. The molecule has 0 aromatic carbocycles. The zero-order valence-electron chi connectivity index (χ0n) is 9.91. The van der Waals surface area contributed by atoms with Crippen molar-refractivity contribution < 1.29 is 4.92 Å². The molecule has 0 saturated heterocycles. The summed E-state index contributed by atoms with van der Waals surface area (Å²) in [6.45, 7) is 0.556. The molecule has 2 rings (SSSR count). The monoisotopic (exact) mass is 322 g/mol. The Labute approximate surface area is 118 Å². The van der Waals surface area contributed by atoms with Crippen molar-refractivity contribution in [2.75, 3.05) is 11.9 Å². The fraction of sp³-hybridized carbons (Fsp3) is 0.167. The van der Waals surface area contributed by atoms with E-state index in [1.54, 1.807) is 6.20 Å². The summed E-state index contributed by atoms with van der Waals surface area (Å²) in [5.41, 5.74) is 1.33. The van der Waals surface area contributed by atoms with Crippen LogP contribution in [0.1, 0.15) is 5.69 Å². The van der Waals surface area contributed by atoms with E-state index in [4.69, 9.17) is 0 Å². The van der Waals surface area contributed by atoms with Gasteiger partial charge in [-0.15, -0.1) is 0 Å². The van der Waals surface area contributed by atoms with Crippen LogP contribution >= 0.6 is 15.9 Å². The van der Waals surface area contributed by atoms with Crippen molar-refractivity contribution in [1.82, 2.24) is 9.97 Å². The van der Waals surface area contributed by atoms with Gasteiger partial charge in [-0.25, -0.2) is 0 Å². The molecule has 0 aliphatic carbocycles. The second-order valence-electron chi connectivity index (χ2n) is 3.77. The molecule has 0 unspecified atom stereocenters. The van der Waals surface area contributed by atoms with Crippen molar-refractivity contribution in [2.24, 2.45) is 0 Å². The second-order valence-corrected chi connectivity index (χ2v) is 4.62. The predicted octanol–water partition coefficient (Wildman–Crippen LogP) is 2.80. The number of hydrogen-bond acceptors (Lipinski definition) is 5. The first kappa shape index (κ1) is 13.4. The van der Waals surface area contributed by atoms with Gasteiger partial charge in [-0.3, -0.25) is 20.1 Å². The number of halogens is 1. The van der Waals surface area contributed by atoms with Gasteiger partial charge in [0, 0.05) is 31.1 Å². The minimum atomic E-state index is -0.457. The lowest BCUT2D eigenvalue weighted by Crippen LogP contribution is -2.08. The number of nitrogens with one attached hydrogen (secondary N) is 1. The van der Waals surface area contributed by atoms with Crippen LogP contribution in [0, 0.1) is 10.1 Å². The fourth-order valence-electron chi connectivity index (χ4n) is 1.60. The highest BCUT2D eigenvalue weighted by Crippen LogP contribution is 2.30. The molecule has 0 atom stereocenters. The maximum absolute atomic E-state index is 10.9. The molecular formula is C12H11BrN4O2. The highest BCUT2D eigenvalue weighted by Gasteiger charge is 2.16. The van der Waals surface area contributed by atoms with E-state index in [0.29, 0.717) is 23.1 Å². The van der Waals surface area contributed by atoms with E-state index in [1.165, 1.54) is 12.4 Å². The molecule has 0 saturated carbocycles. The topological polar surface area (TPSA) is 81.0 Å². The van der Waals surface area contributed by atoms with Gasteiger partial charge in [0.2, 0.25) is 0 Å². The van der Waals surface area contributed by atoms with Gasteiger partial charge in [0.25, 0.3) is 0 Å². The molecule has 0 spiro atoms. The summed E-state index contributed by atoms with van der Waals surface area (Å²) >= 11 is 3.26. The van der Waals surface area contributed by atoms with Crippen molar-refractivity contribution >= 4 is 27.3 Å². The van der Waals surface area contributed by atoms with E-state index in [-0.39, 0.29) is 5.69 Å². The summed E-state index contributed by atoms with van der Waals surface area (Å²) in [6.07, 6.45) is 5.16. The third-order valence-corrected chi connectivity index (χ3v) is 3.09. The number of nitrogens with zero attached hydrogens (tertiary/aromatic N) is 3. The number of aromatic nitrogens is 2. The van der Waals surface area contributed by atoms with Gasteiger partial charge >= 0.3 is 5.69 Å². The first-order chi connectivity index (χ1) is 9.18. The average Bonchev–Trinajstić information content (AvgIpc) is 2.41. The maximum atomic E-state index is 10.9. The Morgan fingerprint density at radius 1 is 1.37 bits per heavy atom. The summed E-state index contributed by atoms with van der Waals surface area (Å²) in [6, 6.07) is 5.67. The Morgan fingerprint density at radius 2 is 2.21 bits per heavy atom. The summed E-state index contributed by atoms with van der Waals surface area (Å²) in [5, 5.41) is 13.9. The van der Waals surface area contributed by atoms with E-state index < -0.39 is 4.92 Å². The molecule has 2 heterocycles. The van der Waals surface area contributed by atoms with Crippen LogP contribution in [0.5, 0.6) is 0 Å². The Hall–Kier alpha value is -2.02. The third-order valence-electron chi connectivity index (χ3n) is 2.49. The Kier molecular flexibility index (Phi) is 4.40. The SMILES string of the molecule is O=[N+]([O-])c1cncc(Br)c1NCCc1ccccn1. The van der Waals surface area contributed by atoms with Crippen LogP contribution < -0.4 is 5.32 Å². The van der Waals surface area contributed by atoms with Crippen LogP contribution in [-0.4, -0.2) is 21.4 Å². The van der Waals surface area contributed by atoms with Gasteiger partial charge < -0.3 is 5.32 Å². The van der Waals surface area contributed by atoms with Crippen molar-refractivity contribution in [3.8, 4) is 0 Å². The zero-order valence-corrected chi connectivity index (χ0v) is 11.5. The van der Waals surface area contributed by atoms with Crippen LogP contribution in [0.3, 0.4) is 0 Å². The highest BCUT2D eigenvalue weighted by atomic mass is 79.9. The largest absolute Gasteiger partial charge is 0.378 e. The molecule has 0 radical (unpaired) electrons.